The SMILES string of the molecule is CO.COC(=O)c1cnc(-c2ccc(C)nc2)c(Cl)c1.COC(=O)c1cnc(Cl)c(Cl)c1.Cc1ccc(B(O)O)cn1. The van der Waals surface area contributed by atoms with E-state index in [0.717, 1.165) is 24.1 Å². The number of pyridine rings is 4. The maximum atomic E-state index is 11.3. The second-order valence-corrected chi connectivity index (χ2v) is 9.00. The van der Waals surface area contributed by atoms with Gasteiger partial charge in [-0.2, -0.15) is 0 Å². The summed E-state index contributed by atoms with van der Waals surface area (Å²) in [4.78, 5) is 38.2. The number of aryl methyl sites for hydroxylation is 2. The molecule has 0 saturated carbocycles. The van der Waals surface area contributed by atoms with E-state index in [-0.39, 0.29) is 15.7 Å². The molecular formula is C27H28BCl3N4O7. The topological polar surface area (TPSA) is 165 Å². The molecule has 0 aliphatic rings. The molecule has 0 bridgehead atoms. The summed E-state index contributed by atoms with van der Waals surface area (Å²) < 4.78 is 9.05. The molecule has 0 aliphatic heterocycles. The van der Waals surface area contributed by atoms with Crippen LogP contribution in [0.5, 0.6) is 0 Å². The van der Waals surface area contributed by atoms with Gasteiger partial charge in [-0.3, -0.25) is 15.0 Å². The average molecular weight is 638 g/mol. The Balaban J connectivity index is 0.000000321. The van der Waals surface area contributed by atoms with Crippen molar-refractivity contribution >= 4 is 59.3 Å². The number of carbonyl (C=O) groups is 2. The predicted octanol–water partition coefficient (Wildman–Crippen LogP) is 3.75. The summed E-state index contributed by atoms with van der Waals surface area (Å²) in [5.74, 6) is -0.945. The first-order valence-electron chi connectivity index (χ1n) is 11.8. The molecule has 0 saturated heterocycles. The quantitative estimate of drug-likeness (QED) is 0.170. The Labute approximate surface area is 258 Å². The second kappa shape index (κ2) is 18.7. The lowest BCUT2D eigenvalue weighted by Gasteiger charge is -2.05. The normalized spacial score (nSPS) is 9.50. The number of methoxy groups -OCH3 is 2. The lowest BCUT2D eigenvalue weighted by molar-refractivity contribution is 0.0591. The van der Waals surface area contributed by atoms with Crippen molar-refractivity contribution < 1.29 is 34.2 Å². The lowest BCUT2D eigenvalue weighted by atomic mass is 9.82. The van der Waals surface area contributed by atoms with Crippen LogP contribution in [0.2, 0.25) is 15.2 Å². The molecular weight excluding hydrogens is 609 g/mol. The smallest absolute Gasteiger partial charge is 0.465 e. The van der Waals surface area contributed by atoms with Gasteiger partial charge in [-0.25, -0.2) is 14.6 Å². The van der Waals surface area contributed by atoms with Gasteiger partial charge in [0.15, 0.2) is 0 Å². The molecule has 0 spiro atoms. The van der Waals surface area contributed by atoms with Crippen molar-refractivity contribution in [2.24, 2.45) is 0 Å². The summed E-state index contributed by atoms with van der Waals surface area (Å²) in [6, 6.07) is 10.1. The molecule has 0 atom stereocenters. The molecule has 0 radical (unpaired) electrons. The van der Waals surface area contributed by atoms with Crippen LogP contribution in [-0.4, -0.2) is 75.5 Å². The Kier molecular flexibility index (Phi) is 16.2. The molecule has 15 heteroatoms. The minimum absolute atomic E-state index is 0.171. The maximum Gasteiger partial charge on any atom is 0.490 e. The highest BCUT2D eigenvalue weighted by atomic mass is 35.5. The summed E-state index contributed by atoms with van der Waals surface area (Å²) in [6.07, 6.45) is 5.88. The molecule has 3 N–H and O–H groups in total. The van der Waals surface area contributed by atoms with Gasteiger partial charge in [-0.15, -0.1) is 0 Å². The standard InChI is InChI=1S/C13H11ClN2O2.C7H5Cl2NO2.C6H8BNO2.CH4O/c1-8-3-4-9(6-15-8)12-11(14)5-10(7-16-12)13(17)18-2;1-12-7(11)4-2-5(8)6(9)10-3-4;1-5-2-3-6(4-8-5)7(9)10;1-2/h3-7H,1-2H3;2-3H,1H3;2-4,9-10H,1H3;2H,1H3. The van der Waals surface area contributed by atoms with Gasteiger partial charge in [0, 0.05) is 54.3 Å². The molecule has 0 aromatic carbocycles. The molecule has 4 rings (SSSR count). The summed E-state index contributed by atoms with van der Waals surface area (Å²) >= 11 is 17.3. The van der Waals surface area contributed by atoms with Crippen molar-refractivity contribution in [3.8, 4) is 11.3 Å². The molecule has 0 unspecified atom stereocenters. The fourth-order valence-electron chi connectivity index (χ4n) is 2.77. The molecule has 4 heterocycles. The van der Waals surface area contributed by atoms with Crippen molar-refractivity contribution in [3.63, 3.8) is 0 Å². The van der Waals surface area contributed by atoms with Gasteiger partial charge in [0.25, 0.3) is 0 Å². The van der Waals surface area contributed by atoms with Gasteiger partial charge in [0.2, 0.25) is 0 Å². The van der Waals surface area contributed by atoms with E-state index in [4.69, 9.17) is 50.0 Å². The first-order chi connectivity index (χ1) is 20.0. The highest BCUT2D eigenvalue weighted by molar-refractivity contribution is 6.58. The van der Waals surface area contributed by atoms with Gasteiger partial charge in [0.1, 0.15) is 5.15 Å². The number of ether oxygens (including phenoxy) is 2. The first kappa shape index (κ1) is 36.4. The molecule has 11 nitrogen and oxygen atoms in total. The Morgan fingerprint density at radius 3 is 1.62 bits per heavy atom. The number of aliphatic hydroxyl groups is 1. The number of esters is 2. The first-order valence-corrected chi connectivity index (χ1v) is 12.9. The third kappa shape index (κ3) is 11.7. The fraction of sp³-hybridized carbons (Fsp3) is 0.185. The van der Waals surface area contributed by atoms with Crippen molar-refractivity contribution in [2.45, 2.75) is 13.8 Å². The van der Waals surface area contributed by atoms with E-state index in [1.54, 1.807) is 18.3 Å². The van der Waals surface area contributed by atoms with Crippen molar-refractivity contribution in [3.05, 3.63) is 98.9 Å². The molecule has 222 valence electrons. The number of rotatable bonds is 4. The zero-order valence-electron chi connectivity index (χ0n) is 23.2. The summed E-state index contributed by atoms with van der Waals surface area (Å²) in [5, 5.41) is 25.1. The fourth-order valence-corrected chi connectivity index (χ4v) is 3.32. The monoisotopic (exact) mass is 636 g/mol. The van der Waals surface area contributed by atoms with Gasteiger partial charge in [0.05, 0.1) is 41.1 Å². The van der Waals surface area contributed by atoms with Crippen LogP contribution in [0.4, 0.5) is 0 Å². The number of nitrogens with zero attached hydrogens (tertiary/aromatic N) is 4. The van der Waals surface area contributed by atoms with E-state index < -0.39 is 19.1 Å². The number of hydrogen-bond donors (Lipinski definition) is 3. The van der Waals surface area contributed by atoms with Crippen LogP contribution >= 0.6 is 34.8 Å². The van der Waals surface area contributed by atoms with Crippen LogP contribution in [0, 0.1) is 13.8 Å². The third-order valence-corrected chi connectivity index (χ3v) is 5.87. The zero-order chi connectivity index (χ0) is 31.8. The molecule has 0 aliphatic carbocycles. The van der Waals surface area contributed by atoms with Gasteiger partial charge < -0.3 is 24.6 Å². The van der Waals surface area contributed by atoms with E-state index in [1.807, 2.05) is 26.0 Å². The number of aromatic nitrogens is 4. The lowest BCUT2D eigenvalue weighted by Crippen LogP contribution is -2.29. The minimum atomic E-state index is -1.41. The largest absolute Gasteiger partial charge is 0.490 e. The second-order valence-electron chi connectivity index (χ2n) is 7.83. The van der Waals surface area contributed by atoms with E-state index in [1.165, 1.54) is 44.9 Å². The van der Waals surface area contributed by atoms with E-state index >= 15 is 0 Å². The van der Waals surface area contributed by atoms with Gasteiger partial charge in [-0.1, -0.05) is 40.9 Å². The summed E-state index contributed by atoms with van der Waals surface area (Å²) in [6.45, 7) is 3.74. The Morgan fingerprint density at radius 2 is 1.21 bits per heavy atom. The Bertz CT molecular complexity index is 1450. The van der Waals surface area contributed by atoms with Crippen molar-refractivity contribution in [1.29, 1.82) is 0 Å². The maximum absolute atomic E-state index is 11.3. The highest BCUT2D eigenvalue weighted by Crippen LogP contribution is 2.26. The molecule has 42 heavy (non-hydrogen) atoms. The summed E-state index contributed by atoms with van der Waals surface area (Å²) in [7, 11) is 2.19. The third-order valence-electron chi connectivity index (χ3n) is 4.90. The number of hydrogen-bond acceptors (Lipinski definition) is 11. The van der Waals surface area contributed by atoms with Crippen LogP contribution in [-0.2, 0) is 9.47 Å². The summed E-state index contributed by atoms with van der Waals surface area (Å²) in [5.41, 5.74) is 4.22. The number of aliphatic hydroxyl groups excluding tert-OH is 1. The van der Waals surface area contributed by atoms with Crippen LogP contribution < -0.4 is 5.46 Å². The zero-order valence-corrected chi connectivity index (χ0v) is 25.5. The predicted molar refractivity (Wildman–Crippen MR) is 161 cm³/mol. The Hall–Kier alpha value is -3.65. The Morgan fingerprint density at radius 1 is 0.714 bits per heavy atom. The minimum Gasteiger partial charge on any atom is -0.465 e. The highest BCUT2D eigenvalue weighted by Gasteiger charge is 2.12. The van der Waals surface area contributed by atoms with Crippen LogP contribution in [0.1, 0.15) is 32.1 Å². The van der Waals surface area contributed by atoms with Crippen LogP contribution in [0.3, 0.4) is 0 Å². The van der Waals surface area contributed by atoms with Gasteiger partial charge in [-0.05, 0) is 44.2 Å². The van der Waals surface area contributed by atoms with Crippen LogP contribution in [0.25, 0.3) is 11.3 Å². The van der Waals surface area contributed by atoms with Gasteiger partial charge >= 0.3 is 19.1 Å². The van der Waals surface area contributed by atoms with Crippen molar-refractivity contribution in [2.75, 3.05) is 21.3 Å². The average Bonchev–Trinajstić information content (AvgIpc) is 3.00. The van der Waals surface area contributed by atoms with E-state index in [2.05, 4.69) is 29.4 Å². The molecule has 0 amide bonds. The number of carbonyl (C=O) groups excluding carboxylic acids is 2. The molecule has 4 aromatic heterocycles. The molecule has 4 aromatic rings. The number of halogens is 3. The van der Waals surface area contributed by atoms with E-state index in [0.29, 0.717) is 21.7 Å². The van der Waals surface area contributed by atoms with Crippen molar-refractivity contribution in [1.82, 2.24) is 19.9 Å². The van der Waals surface area contributed by atoms with Crippen LogP contribution in [0.15, 0.2) is 61.2 Å². The van der Waals surface area contributed by atoms with E-state index in [9.17, 15) is 9.59 Å². The molecule has 0 fully saturated rings.